The van der Waals surface area contributed by atoms with Crippen molar-refractivity contribution in [1.82, 2.24) is 5.32 Å². The number of carboxylic acid groups (broad SMARTS) is 1. The molecule has 0 bridgehead atoms. The van der Waals surface area contributed by atoms with E-state index in [4.69, 9.17) is 0 Å². The van der Waals surface area contributed by atoms with Gasteiger partial charge >= 0.3 is 5.97 Å². The molecule has 7 nitrogen and oxygen atoms in total. The van der Waals surface area contributed by atoms with E-state index in [2.05, 4.69) is 26.1 Å². The van der Waals surface area contributed by atoms with Gasteiger partial charge in [0.2, 0.25) is 0 Å². The average molecular weight is 370 g/mol. The van der Waals surface area contributed by atoms with Crippen LogP contribution in [0.1, 0.15) is 54.7 Å². The van der Waals surface area contributed by atoms with Gasteiger partial charge in [-0.05, 0) is 22.6 Å². The molecule has 0 unspecified atom stereocenters. The Morgan fingerprint density at radius 2 is 1.78 bits per heavy atom. The highest BCUT2D eigenvalue weighted by Gasteiger charge is 2.21. The fourth-order valence-electron chi connectivity index (χ4n) is 2.64. The third-order valence-electron chi connectivity index (χ3n) is 4.18. The minimum absolute atomic E-state index is 0.0486. The molecule has 2 aromatic carbocycles. The number of amides is 1. The van der Waals surface area contributed by atoms with Crippen molar-refractivity contribution < 1.29 is 19.6 Å². The highest BCUT2D eigenvalue weighted by molar-refractivity contribution is 5.95. The van der Waals surface area contributed by atoms with Crippen LogP contribution < -0.4 is 5.32 Å². The molecule has 0 fully saturated rings. The maximum absolute atomic E-state index is 12.5. The summed E-state index contributed by atoms with van der Waals surface area (Å²) in [6.45, 7) is 6.21. The molecule has 1 amide bonds. The zero-order chi connectivity index (χ0) is 20.2. The molecule has 2 rings (SSSR count). The lowest BCUT2D eigenvalue weighted by atomic mass is 9.86. The molecule has 142 valence electrons. The predicted octanol–water partition coefficient (Wildman–Crippen LogP) is 3.84. The lowest BCUT2D eigenvalue weighted by Gasteiger charge is -2.22. The summed E-state index contributed by atoms with van der Waals surface area (Å²) in [5, 5.41) is 22.7. The van der Waals surface area contributed by atoms with E-state index in [1.54, 1.807) is 12.1 Å². The SMILES string of the molecule is CC(C)(C)c1ccc([C@H](CC(=O)O)NC(=O)c2cccc([N+](=O)[O-])c2)cc1. The van der Waals surface area contributed by atoms with Crippen molar-refractivity contribution in [3.63, 3.8) is 0 Å². The van der Waals surface area contributed by atoms with Gasteiger partial charge in [-0.2, -0.15) is 0 Å². The largest absolute Gasteiger partial charge is 0.481 e. The van der Waals surface area contributed by atoms with Crippen LogP contribution in [0.4, 0.5) is 5.69 Å². The Hall–Kier alpha value is -3.22. The van der Waals surface area contributed by atoms with Crippen LogP contribution in [-0.4, -0.2) is 21.9 Å². The number of carbonyl (C=O) groups is 2. The topological polar surface area (TPSA) is 110 Å². The van der Waals surface area contributed by atoms with Crippen LogP contribution in [0.2, 0.25) is 0 Å². The Kier molecular flexibility index (Phi) is 5.95. The van der Waals surface area contributed by atoms with Gasteiger partial charge in [-0.3, -0.25) is 19.7 Å². The predicted molar refractivity (Wildman–Crippen MR) is 101 cm³/mol. The number of non-ortho nitro benzene ring substituents is 1. The second-order valence-corrected chi connectivity index (χ2v) is 7.30. The number of aliphatic carboxylic acids is 1. The molecule has 0 aliphatic rings. The van der Waals surface area contributed by atoms with Crippen LogP contribution in [0, 0.1) is 10.1 Å². The fraction of sp³-hybridized carbons (Fsp3) is 0.300. The quantitative estimate of drug-likeness (QED) is 0.593. The van der Waals surface area contributed by atoms with E-state index in [1.807, 2.05) is 12.1 Å². The van der Waals surface area contributed by atoms with E-state index in [1.165, 1.54) is 18.2 Å². The van der Waals surface area contributed by atoms with Crippen molar-refractivity contribution >= 4 is 17.6 Å². The van der Waals surface area contributed by atoms with Gasteiger partial charge in [0, 0.05) is 17.7 Å². The van der Waals surface area contributed by atoms with Gasteiger partial charge in [-0.25, -0.2) is 0 Å². The van der Waals surface area contributed by atoms with Crippen LogP contribution in [0.3, 0.4) is 0 Å². The lowest BCUT2D eigenvalue weighted by Crippen LogP contribution is -2.30. The van der Waals surface area contributed by atoms with Gasteiger partial charge in [-0.15, -0.1) is 0 Å². The van der Waals surface area contributed by atoms with Crippen molar-refractivity contribution in [2.24, 2.45) is 0 Å². The molecule has 0 saturated carbocycles. The minimum atomic E-state index is -1.06. The summed E-state index contributed by atoms with van der Waals surface area (Å²) in [7, 11) is 0. The Morgan fingerprint density at radius 3 is 2.30 bits per heavy atom. The average Bonchev–Trinajstić information content (AvgIpc) is 2.60. The van der Waals surface area contributed by atoms with Crippen LogP contribution in [0.15, 0.2) is 48.5 Å². The number of rotatable bonds is 6. The van der Waals surface area contributed by atoms with Crippen molar-refractivity contribution in [3.05, 3.63) is 75.3 Å². The van der Waals surface area contributed by atoms with Crippen LogP contribution in [0.5, 0.6) is 0 Å². The summed E-state index contributed by atoms with van der Waals surface area (Å²) >= 11 is 0. The van der Waals surface area contributed by atoms with Gasteiger partial charge in [0.1, 0.15) is 0 Å². The van der Waals surface area contributed by atoms with Crippen molar-refractivity contribution in [1.29, 1.82) is 0 Å². The summed E-state index contributed by atoms with van der Waals surface area (Å²) in [6, 6.07) is 12.0. The molecular weight excluding hydrogens is 348 g/mol. The molecular formula is C20H22N2O5. The zero-order valence-electron chi connectivity index (χ0n) is 15.4. The van der Waals surface area contributed by atoms with E-state index in [0.717, 1.165) is 11.6 Å². The Morgan fingerprint density at radius 1 is 1.15 bits per heavy atom. The second-order valence-electron chi connectivity index (χ2n) is 7.30. The normalized spacial score (nSPS) is 12.3. The molecule has 2 aromatic rings. The third kappa shape index (κ3) is 5.37. The van der Waals surface area contributed by atoms with E-state index in [0.29, 0.717) is 5.56 Å². The van der Waals surface area contributed by atoms with Gasteiger partial charge in [-0.1, -0.05) is 51.1 Å². The molecule has 0 heterocycles. The van der Waals surface area contributed by atoms with E-state index in [9.17, 15) is 24.8 Å². The maximum Gasteiger partial charge on any atom is 0.305 e. The Balaban J connectivity index is 2.26. The molecule has 7 heteroatoms. The lowest BCUT2D eigenvalue weighted by molar-refractivity contribution is -0.384. The summed E-state index contributed by atoms with van der Waals surface area (Å²) in [5.74, 6) is -1.62. The molecule has 0 saturated heterocycles. The van der Waals surface area contributed by atoms with Crippen molar-refractivity contribution in [2.75, 3.05) is 0 Å². The van der Waals surface area contributed by atoms with Crippen LogP contribution in [-0.2, 0) is 10.2 Å². The molecule has 2 N–H and O–H groups in total. The minimum Gasteiger partial charge on any atom is -0.481 e. The molecule has 27 heavy (non-hydrogen) atoms. The number of hydrogen-bond donors (Lipinski definition) is 2. The molecule has 0 aliphatic carbocycles. The first kappa shape index (κ1) is 20.1. The van der Waals surface area contributed by atoms with E-state index in [-0.39, 0.29) is 23.1 Å². The van der Waals surface area contributed by atoms with Crippen molar-refractivity contribution in [3.8, 4) is 0 Å². The third-order valence-corrected chi connectivity index (χ3v) is 4.18. The van der Waals surface area contributed by atoms with Crippen LogP contribution in [0.25, 0.3) is 0 Å². The van der Waals surface area contributed by atoms with Gasteiger partial charge in [0.05, 0.1) is 17.4 Å². The fourth-order valence-corrected chi connectivity index (χ4v) is 2.64. The summed E-state index contributed by atoms with van der Waals surface area (Å²) in [6.07, 6.45) is -0.296. The summed E-state index contributed by atoms with van der Waals surface area (Å²) in [4.78, 5) is 34.0. The second kappa shape index (κ2) is 7.99. The highest BCUT2D eigenvalue weighted by atomic mass is 16.6. The smallest absolute Gasteiger partial charge is 0.305 e. The standard InChI is InChI=1S/C20H22N2O5/c1-20(2,3)15-9-7-13(8-10-15)17(12-18(23)24)21-19(25)14-5-4-6-16(11-14)22(26)27/h4-11,17H,12H2,1-3H3,(H,21,25)(H,23,24)/t17-/m0/s1. The van der Waals surface area contributed by atoms with Gasteiger partial charge in [0.25, 0.3) is 11.6 Å². The maximum atomic E-state index is 12.5. The molecule has 0 aliphatic heterocycles. The van der Waals surface area contributed by atoms with E-state index >= 15 is 0 Å². The van der Waals surface area contributed by atoms with Gasteiger partial charge in [0.15, 0.2) is 0 Å². The molecule has 0 radical (unpaired) electrons. The zero-order valence-corrected chi connectivity index (χ0v) is 15.4. The van der Waals surface area contributed by atoms with Crippen molar-refractivity contribution in [2.45, 2.75) is 38.6 Å². The number of carbonyl (C=O) groups excluding carboxylic acids is 1. The molecule has 0 spiro atoms. The summed E-state index contributed by atoms with van der Waals surface area (Å²) < 4.78 is 0. The summed E-state index contributed by atoms with van der Waals surface area (Å²) in [5.41, 5.74) is 1.60. The highest BCUT2D eigenvalue weighted by Crippen LogP contribution is 2.25. The molecule has 0 aromatic heterocycles. The van der Waals surface area contributed by atoms with Crippen LogP contribution >= 0.6 is 0 Å². The number of hydrogen-bond acceptors (Lipinski definition) is 4. The Labute approximate surface area is 157 Å². The monoisotopic (exact) mass is 370 g/mol. The first-order chi connectivity index (χ1) is 12.6. The number of nitrogens with one attached hydrogen (secondary N) is 1. The number of nitro groups is 1. The number of nitro benzene ring substituents is 1. The molecule has 1 atom stereocenters. The Bertz CT molecular complexity index is 853. The first-order valence-corrected chi connectivity index (χ1v) is 8.45. The number of nitrogens with zero attached hydrogens (tertiary/aromatic N) is 1. The number of benzene rings is 2. The first-order valence-electron chi connectivity index (χ1n) is 8.45. The number of carboxylic acids is 1. The van der Waals surface area contributed by atoms with Gasteiger partial charge < -0.3 is 10.4 Å². The van der Waals surface area contributed by atoms with E-state index < -0.39 is 22.8 Å².